The summed E-state index contributed by atoms with van der Waals surface area (Å²) < 4.78 is 17.6. The van der Waals surface area contributed by atoms with Crippen LogP contribution in [0.4, 0.5) is 4.39 Å². The van der Waals surface area contributed by atoms with Crippen molar-refractivity contribution in [2.24, 2.45) is 0 Å². The van der Waals surface area contributed by atoms with E-state index in [-0.39, 0.29) is 11.4 Å². The van der Waals surface area contributed by atoms with Crippen molar-refractivity contribution in [3.05, 3.63) is 106 Å². The average molecular weight is 449 g/mol. The Balaban J connectivity index is 1.76. The van der Waals surface area contributed by atoms with Crippen LogP contribution in [0.1, 0.15) is 18.3 Å². The number of hydrogen-bond donors (Lipinski definition) is 0. The molecule has 0 bridgehead atoms. The highest BCUT2D eigenvalue weighted by Gasteiger charge is 2.23. The summed E-state index contributed by atoms with van der Waals surface area (Å²) in [6.07, 6.45) is 0.561. The van der Waals surface area contributed by atoms with Crippen LogP contribution in [0.5, 0.6) is 0 Å². The van der Waals surface area contributed by atoms with Crippen molar-refractivity contribution >= 4 is 33.2 Å². The van der Waals surface area contributed by atoms with Crippen molar-refractivity contribution in [3.63, 3.8) is 0 Å². The van der Waals surface area contributed by atoms with Crippen LogP contribution in [-0.2, 0) is 13.0 Å². The van der Waals surface area contributed by atoms with Gasteiger partial charge >= 0.3 is 0 Å². The zero-order valence-corrected chi connectivity index (χ0v) is 18.4. The second-order valence-corrected chi connectivity index (χ2v) is 8.16. The Morgan fingerprint density at radius 1 is 0.824 bits per heavy atom. The molecule has 6 rings (SSSR count). The third-order valence-electron chi connectivity index (χ3n) is 6.01. The first-order chi connectivity index (χ1) is 16.6. The van der Waals surface area contributed by atoms with Gasteiger partial charge in [-0.1, -0.05) is 55.5 Å². The van der Waals surface area contributed by atoms with E-state index in [1.54, 1.807) is 21.3 Å². The lowest BCUT2D eigenvalue weighted by molar-refractivity contribution is 0.627. The highest BCUT2D eigenvalue weighted by Crippen LogP contribution is 2.29. The third-order valence-corrected chi connectivity index (χ3v) is 6.01. The molecule has 0 aliphatic carbocycles. The van der Waals surface area contributed by atoms with Gasteiger partial charge in [-0.2, -0.15) is 0 Å². The summed E-state index contributed by atoms with van der Waals surface area (Å²) in [7, 11) is 0. The largest absolute Gasteiger partial charge is 0.291 e. The molecule has 34 heavy (non-hydrogen) atoms. The standard InChI is InChI=1S/C27H20FN5O/c1-2-22-31-25-23(27(34)32(22)16-17-9-4-3-5-10-17)24-26(30-21-14-7-6-13-20(21)29-24)33(25)19-12-8-11-18(28)15-19/h3-15H,2,16H2,1H3. The molecule has 0 N–H and O–H groups in total. The molecule has 3 heterocycles. The van der Waals surface area contributed by atoms with Crippen LogP contribution in [0, 0.1) is 5.82 Å². The van der Waals surface area contributed by atoms with Crippen molar-refractivity contribution in [2.75, 3.05) is 0 Å². The molecule has 7 heteroatoms. The summed E-state index contributed by atoms with van der Waals surface area (Å²) in [5.74, 6) is 0.265. The van der Waals surface area contributed by atoms with Crippen molar-refractivity contribution in [1.82, 2.24) is 24.1 Å². The minimum Gasteiger partial charge on any atom is -0.291 e. The van der Waals surface area contributed by atoms with Gasteiger partial charge < -0.3 is 0 Å². The van der Waals surface area contributed by atoms with Gasteiger partial charge in [-0.25, -0.2) is 19.3 Å². The molecule has 166 valence electrons. The van der Waals surface area contributed by atoms with E-state index in [4.69, 9.17) is 15.0 Å². The van der Waals surface area contributed by atoms with E-state index in [2.05, 4.69) is 0 Å². The van der Waals surface area contributed by atoms with E-state index >= 15 is 0 Å². The molecule has 0 aliphatic rings. The molecule has 3 aromatic carbocycles. The molecule has 6 nitrogen and oxygen atoms in total. The molecular weight excluding hydrogens is 429 g/mol. The lowest BCUT2D eigenvalue weighted by Gasteiger charge is -2.12. The lowest BCUT2D eigenvalue weighted by Crippen LogP contribution is -2.26. The molecule has 3 aromatic heterocycles. The Bertz CT molecular complexity index is 1750. The van der Waals surface area contributed by atoms with Crippen molar-refractivity contribution in [1.29, 1.82) is 0 Å². The van der Waals surface area contributed by atoms with Gasteiger partial charge in [0.15, 0.2) is 11.3 Å². The highest BCUT2D eigenvalue weighted by molar-refractivity contribution is 6.05. The van der Waals surface area contributed by atoms with Crippen molar-refractivity contribution < 1.29 is 4.39 Å². The molecular formula is C27H20FN5O. The van der Waals surface area contributed by atoms with Gasteiger partial charge in [0.25, 0.3) is 5.56 Å². The number of para-hydroxylation sites is 2. The van der Waals surface area contributed by atoms with Crippen LogP contribution in [-0.4, -0.2) is 24.1 Å². The molecule has 0 aliphatic heterocycles. The number of hydrogen-bond acceptors (Lipinski definition) is 4. The summed E-state index contributed by atoms with van der Waals surface area (Å²) >= 11 is 0. The smallest absolute Gasteiger partial charge is 0.265 e. The van der Waals surface area contributed by atoms with Crippen LogP contribution in [0.3, 0.4) is 0 Å². The van der Waals surface area contributed by atoms with Gasteiger partial charge in [-0.05, 0) is 35.9 Å². The fraction of sp³-hybridized carbons (Fsp3) is 0.111. The van der Waals surface area contributed by atoms with Crippen molar-refractivity contribution in [2.45, 2.75) is 19.9 Å². The predicted octanol–water partition coefficient (Wildman–Crippen LogP) is 5.03. The normalized spacial score (nSPS) is 11.6. The van der Waals surface area contributed by atoms with Gasteiger partial charge in [0, 0.05) is 6.42 Å². The van der Waals surface area contributed by atoms with E-state index in [1.165, 1.54) is 12.1 Å². The lowest BCUT2D eigenvalue weighted by atomic mass is 10.2. The van der Waals surface area contributed by atoms with Crippen molar-refractivity contribution in [3.8, 4) is 5.69 Å². The minimum absolute atomic E-state index is 0.185. The Morgan fingerprint density at radius 2 is 1.56 bits per heavy atom. The topological polar surface area (TPSA) is 65.6 Å². The van der Waals surface area contributed by atoms with E-state index < -0.39 is 0 Å². The van der Waals surface area contributed by atoms with E-state index in [9.17, 15) is 9.18 Å². The Morgan fingerprint density at radius 3 is 2.29 bits per heavy atom. The minimum atomic E-state index is -0.380. The summed E-state index contributed by atoms with van der Waals surface area (Å²) in [4.78, 5) is 28.5. The number of benzene rings is 3. The first-order valence-electron chi connectivity index (χ1n) is 11.1. The second-order valence-electron chi connectivity index (χ2n) is 8.16. The molecule has 0 saturated heterocycles. The molecule has 0 atom stereocenters. The van der Waals surface area contributed by atoms with Gasteiger partial charge in [-0.15, -0.1) is 0 Å². The number of aromatic nitrogens is 5. The monoisotopic (exact) mass is 449 g/mol. The summed E-state index contributed by atoms with van der Waals surface area (Å²) in [6.45, 7) is 2.37. The maximum atomic E-state index is 14.2. The summed E-state index contributed by atoms with van der Waals surface area (Å²) in [5, 5.41) is 0.380. The highest BCUT2D eigenvalue weighted by atomic mass is 19.1. The van der Waals surface area contributed by atoms with Gasteiger partial charge in [-0.3, -0.25) is 13.9 Å². The first-order valence-corrected chi connectivity index (χ1v) is 11.1. The Hall–Kier alpha value is -4.39. The van der Waals surface area contributed by atoms with Crippen LogP contribution >= 0.6 is 0 Å². The van der Waals surface area contributed by atoms with Crippen LogP contribution in [0.15, 0.2) is 83.7 Å². The molecule has 0 fully saturated rings. The first kappa shape index (κ1) is 20.2. The number of nitrogens with zero attached hydrogens (tertiary/aromatic N) is 5. The fourth-order valence-corrected chi connectivity index (χ4v) is 4.43. The second kappa shape index (κ2) is 7.88. The molecule has 0 saturated carbocycles. The Labute approximate surface area is 194 Å². The number of aryl methyl sites for hydroxylation is 1. The average Bonchev–Trinajstić information content (AvgIpc) is 3.18. The van der Waals surface area contributed by atoms with E-state index in [0.29, 0.717) is 57.7 Å². The number of fused-ring (bicyclic) bond motifs is 4. The molecule has 6 aromatic rings. The molecule has 0 radical (unpaired) electrons. The maximum absolute atomic E-state index is 14.2. The zero-order valence-electron chi connectivity index (χ0n) is 18.4. The molecule has 0 spiro atoms. The van der Waals surface area contributed by atoms with Gasteiger partial charge in [0.1, 0.15) is 22.5 Å². The van der Waals surface area contributed by atoms with Gasteiger partial charge in [0.2, 0.25) is 0 Å². The zero-order chi connectivity index (χ0) is 23.2. The number of halogens is 1. The van der Waals surface area contributed by atoms with Crippen LogP contribution in [0.25, 0.3) is 38.9 Å². The quantitative estimate of drug-likeness (QED) is 0.379. The van der Waals surface area contributed by atoms with Crippen LogP contribution < -0.4 is 5.56 Å². The molecule has 0 amide bonds. The fourth-order valence-electron chi connectivity index (χ4n) is 4.43. The Kier molecular flexibility index (Phi) is 4.69. The third kappa shape index (κ3) is 3.16. The SMILES string of the molecule is CCc1nc2c(c(=O)n1Cc1ccccc1)c1nc3ccccc3nc1n2-c1cccc(F)c1. The molecule has 0 unspecified atom stereocenters. The predicted molar refractivity (Wildman–Crippen MR) is 131 cm³/mol. The van der Waals surface area contributed by atoms with Crippen LogP contribution in [0.2, 0.25) is 0 Å². The van der Waals surface area contributed by atoms with Gasteiger partial charge in [0.05, 0.1) is 23.3 Å². The maximum Gasteiger partial charge on any atom is 0.265 e. The van der Waals surface area contributed by atoms with E-state index in [0.717, 1.165) is 5.56 Å². The summed E-state index contributed by atoms with van der Waals surface area (Å²) in [6, 6.07) is 23.5. The van der Waals surface area contributed by atoms with E-state index in [1.807, 2.05) is 61.5 Å². The number of rotatable bonds is 4. The summed E-state index contributed by atoms with van der Waals surface area (Å²) in [5.41, 5.74) is 4.10.